The van der Waals surface area contributed by atoms with Gasteiger partial charge in [-0.1, -0.05) is 0 Å². The van der Waals surface area contributed by atoms with Gasteiger partial charge in [0.05, 0.1) is 20.2 Å². The first kappa shape index (κ1) is 17.6. The monoisotopic (exact) mass is 409 g/mol. The second-order valence-corrected chi connectivity index (χ2v) is 6.79. The molecular formula is C16H18BrN4O4+. The van der Waals surface area contributed by atoms with Crippen LogP contribution in [0.25, 0.3) is 5.65 Å². The normalized spacial score (nSPS) is 20.3. The van der Waals surface area contributed by atoms with Gasteiger partial charge in [-0.05, 0) is 28.1 Å². The molecule has 9 heteroatoms. The third-order valence-electron chi connectivity index (χ3n) is 4.24. The van der Waals surface area contributed by atoms with Gasteiger partial charge < -0.3 is 15.0 Å². The van der Waals surface area contributed by atoms with Crippen LogP contribution in [0.2, 0.25) is 0 Å². The molecule has 0 saturated carbocycles. The minimum absolute atomic E-state index is 0.00280. The molecule has 0 bridgehead atoms. The number of piperazine rings is 1. The third-order valence-corrected chi connectivity index (χ3v) is 4.71. The van der Waals surface area contributed by atoms with Crippen LogP contribution in [0, 0.1) is 0 Å². The lowest BCUT2D eigenvalue weighted by molar-refractivity contribution is -0.931. The Balaban J connectivity index is 1.87. The maximum absolute atomic E-state index is 12.3. The smallest absolute Gasteiger partial charge is 0.312 e. The fourth-order valence-electron chi connectivity index (χ4n) is 2.98. The van der Waals surface area contributed by atoms with Gasteiger partial charge in [-0.2, -0.15) is 0 Å². The Morgan fingerprint density at radius 3 is 3.04 bits per heavy atom. The maximum Gasteiger partial charge on any atom is 0.312 e. The van der Waals surface area contributed by atoms with Crippen molar-refractivity contribution in [2.24, 2.45) is 0 Å². The summed E-state index contributed by atoms with van der Waals surface area (Å²) < 4.78 is 6.92. The van der Waals surface area contributed by atoms with Crippen LogP contribution in [-0.4, -0.2) is 47.5 Å². The van der Waals surface area contributed by atoms with E-state index in [1.807, 2.05) is 6.07 Å². The van der Waals surface area contributed by atoms with Gasteiger partial charge in [0.15, 0.2) is 6.04 Å². The molecule has 1 aliphatic rings. The number of amides is 1. The Hall–Kier alpha value is -2.26. The number of fused-ring (bicyclic) bond motifs is 1. The number of esters is 1. The maximum atomic E-state index is 12.3. The Bertz CT molecular complexity index is 882. The Kier molecular flexibility index (Phi) is 5.14. The van der Waals surface area contributed by atoms with Gasteiger partial charge in [0.1, 0.15) is 24.3 Å². The first-order chi connectivity index (χ1) is 12.0. The lowest BCUT2D eigenvalue weighted by Gasteiger charge is -2.31. The zero-order valence-electron chi connectivity index (χ0n) is 13.6. The molecule has 25 heavy (non-hydrogen) atoms. The number of nitrogens with zero attached hydrogens (tertiary/aromatic N) is 2. The molecule has 1 unspecified atom stereocenters. The highest BCUT2D eigenvalue weighted by Crippen LogP contribution is 2.09. The van der Waals surface area contributed by atoms with Crippen LogP contribution in [0.1, 0.15) is 12.1 Å². The van der Waals surface area contributed by atoms with Crippen molar-refractivity contribution in [3.8, 4) is 0 Å². The number of halogens is 1. The van der Waals surface area contributed by atoms with E-state index in [0.717, 1.165) is 9.37 Å². The summed E-state index contributed by atoms with van der Waals surface area (Å²) in [6.45, 7) is 1.55. The van der Waals surface area contributed by atoms with Gasteiger partial charge in [0.25, 0.3) is 11.5 Å². The molecule has 132 valence electrons. The third kappa shape index (κ3) is 3.88. The van der Waals surface area contributed by atoms with Gasteiger partial charge in [-0.3, -0.25) is 18.8 Å². The molecule has 0 aliphatic carbocycles. The highest BCUT2D eigenvalue weighted by atomic mass is 79.9. The summed E-state index contributed by atoms with van der Waals surface area (Å²) in [7, 11) is 1.30. The Morgan fingerprint density at radius 1 is 1.48 bits per heavy atom. The summed E-state index contributed by atoms with van der Waals surface area (Å²) in [6, 6.07) is 4.48. The molecule has 0 spiro atoms. The molecule has 1 fully saturated rings. The highest BCUT2D eigenvalue weighted by Gasteiger charge is 2.36. The number of rotatable bonds is 4. The number of carbonyl (C=O) groups is 2. The van der Waals surface area contributed by atoms with E-state index >= 15 is 0 Å². The molecule has 8 nitrogen and oxygen atoms in total. The van der Waals surface area contributed by atoms with Crippen LogP contribution >= 0.6 is 15.9 Å². The minimum Gasteiger partial charge on any atom is -0.469 e. The molecule has 2 N–H and O–H groups in total. The van der Waals surface area contributed by atoms with Crippen molar-refractivity contribution in [1.82, 2.24) is 14.7 Å². The molecule has 2 aromatic rings. The first-order valence-electron chi connectivity index (χ1n) is 7.85. The summed E-state index contributed by atoms with van der Waals surface area (Å²) in [6.07, 6.45) is 1.66. The number of ether oxygens (including phenoxy) is 1. The quantitative estimate of drug-likeness (QED) is 0.625. The summed E-state index contributed by atoms with van der Waals surface area (Å²) in [4.78, 5) is 41.4. The molecular weight excluding hydrogens is 392 g/mol. The molecule has 3 heterocycles. The number of nitrogens with one attached hydrogen (secondary N) is 2. The molecule has 1 aliphatic heterocycles. The predicted molar refractivity (Wildman–Crippen MR) is 92.1 cm³/mol. The second kappa shape index (κ2) is 7.32. The average molecular weight is 410 g/mol. The van der Waals surface area contributed by atoms with E-state index in [9.17, 15) is 14.4 Å². The molecule has 3 rings (SSSR count). The van der Waals surface area contributed by atoms with Crippen LogP contribution < -0.4 is 15.8 Å². The van der Waals surface area contributed by atoms with Crippen LogP contribution in [0.5, 0.6) is 0 Å². The minimum atomic E-state index is -0.550. The van der Waals surface area contributed by atoms with Crippen molar-refractivity contribution in [3.05, 3.63) is 44.9 Å². The van der Waals surface area contributed by atoms with E-state index in [1.54, 1.807) is 12.3 Å². The topological polar surface area (TPSA) is 94.2 Å². The standard InChI is InChI=1S/C16H17BrN4O4/c1-25-15(23)7-12-16(24)18-4-5-20(12)9-11-6-14(22)21-8-10(17)2-3-13(21)19-11/h2-3,6,8,12H,4-5,7,9H2,1H3,(H,18,24)/p+1/t12-/m0/s1. The van der Waals surface area contributed by atoms with Crippen LogP contribution in [0.4, 0.5) is 0 Å². The van der Waals surface area contributed by atoms with Crippen molar-refractivity contribution in [2.75, 3.05) is 20.2 Å². The van der Waals surface area contributed by atoms with E-state index in [1.165, 1.54) is 17.6 Å². The first-order valence-corrected chi connectivity index (χ1v) is 8.64. The highest BCUT2D eigenvalue weighted by molar-refractivity contribution is 9.10. The van der Waals surface area contributed by atoms with Gasteiger partial charge in [0.2, 0.25) is 0 Å². The Labute approximate surface area is 151 Å². The zero-order valence-corrected chi connectivity index (χ0v) is 15.2. The van der Waals surface area contributed by atoms with Gasteiger partial charge in [-0.25, -0.2) is 4.98 Å². The number of hydrogen-bond acceptors (Lipinski definition) is 5. The largest absolute Gasteiger partial charge is 0.469 e. The summed E-state index contributed by atoms with van der Waals surface area (Å²) >= 11 is 3.33. The Morgan fingerprint density at radius 2 is 2.28 bits per heavy atom. The van der Waals surface area contributed by atoms with Crippen LogP contribution in [0.15, 0.2) is 33.7 Å². The molecule has 0 radical (unpaired) electrons. The van der Waals surface area contributed by atoms with Crippen molar-refractivity contribution in [1.29, 1.82) is 0 Å². The lowest BCUT2D eigenvalue weighted by Crippen LogP contribution is -3.18. The van der Waals surface area contributed by atoms with Crippen molar-refractivity contribution >= 4 is 33.5 Å². The molecule has 1 amide bonds. The average Bonchev–Trinajstić information content (AvgIpc) is 2.58. The number of aromatic nitrogens is 2. The summed E-state index contributed by atoms with van der Waals surface area (Å²) in [5.41, 5.74) is 0.939. The number of pyridine rings is 1. The lowest BCUT2D eigenvalue weighted by atomic mass is 10.1. The fraction of sp³-hybridized carbons (Fsp3) is 0.375. The van der Waals surface area contributed by atoms with E-state index in [4.69, 9.17) is 0 Å². The SMILES string of the molecule is COC(=O)C[C@H]1C(=O)NCC[NH+]1Cc1cc(=O)n2cc(Br)ccc2n1. The number of carbonyl (C=O) groups excluding carboxylic acids is 2. The number of quaternary nitrogens is 1. The van der Waals surface area contributed by atoms with Gasteiger partial charge in [0, 0.05) is 16.7 Å². The molecule has 2 atom stereocenters. The van der Waals surface area contributed by atoms with Crippen molar-refractivity contribution in [2.45, 2.75) is 19.0 Å². The second-order valence-electron chi connectivity index (χ2n) is 5.87. The van der Waals surface area contributed by atoms with E-state index < -0.39 is 12.0 Å². The van der Waals surface area contributed by atoms with E-state index in [-0.39, 0.29) is 17.9 Å². The summed E-state index contributed by atoms with van der Waals surface area (Å²) in [5, 5.41) is 2.77. The van der Waals surface area contributed by atoms with Crippen molar-refractivity contribution < 1.29 is 19.2 Å². The van der Waals surface area contributed by atoms with E-state index in [0.29, 0.717) is 31.0 Å². The number of hydrogen-bond donors (Lipinski definition) is 2. The number of methoxy groups -OCH3 is 1. The van der Waals surface area contributed by atoms with E-state index in [2.05, 4.69) is 31.0 Å². The fourth-order valence-corrected chi connectivity index (χ4v) is 3.31. The van der Waals surface area contributed by atoms with Crippen LogP contribution in [0.3, 0.4) is 0 Å². The molecule has 1 saturated heterocycles. The molecule has 2 aromatic heterocycles. The van der Waals surface area contributed by atoms with Gasteiger partial charge in [-0.15, -0.1) is 0 Å². The molecule has 0 aromatic carbocycles. The summed E-state index contributed by atoms with van der Waals surface area (Å²) in [5.74, 6) is -0.621. The van der Waals surface area contributed by atoms with Crippen LogP contribution in [-0.2, 0) is 20.9 Å². The van der Waals surface area contributed by atoms with Gasteiger partial charge >= 0.3 is 5.97 Å². The predicted octanol–water partition coefficient (Wildman–Crippen LogP) is -1.10. The zero-order chi connectivity index (χ0) is 18.0. The van der Waals surface area contributed by atoms with Crippen molar-refractivity contribution in [3.63, 3.8) is 0 Å².